The van der Waals surface area contributed by atoms with Gasteiger partial charge in [-0.05, 0) is 43.0 Å². The van der Waals surface area contributed by atoms with Gasteiger partial charge in [-0.15, -0.1) is 0 Å². The molecule has 0 aliphatic carbocycles. The van der Waals surface area contributed by atoms with Crippen LogP contribution in [0.2, 0.25) is 0 Å². The molecule has 21 heavy (non-hydrogen) atoms. The van der Waals surface area contributed by atoms with Gasteiger partial charge in [0.05, 0.1) is 6.07 Å². The van der Waals surface area contributed by atoms with E-state index in [-0.39, 0.29) is 5.91 Å². The van der Waals surface area contributed by atoms with Crippen LogP contribution in [0.4, 0.5) is 5.69 Å². The first kappa shape index (κ1) is 14.8. The Bertz CT molecular complexity index is 644. The first-order valence-corrected chi connectivity index (χ1v) is 7.00. The fourth-order valence-corrected chi connectivity index (χ4v) is 2.16. The van der Waals surface area contributed by atoms with Crippen LogP contribution in [0.15, 0.2) is 54.6 Å². The maximum atomic E-state index is 12.1. The number of hydrogen-bond donors (Lipinski definition) is 1. The lowest BCUT2D eigenvalue weighted by Gasteiger charge is -2.10. The zero-order valence-electron chi connectivity index (χ0n) is 12.0. The number of amides is 1. The Morgan fingerprint density at radius 1 is 1.19 bits per heavy atom. The fraction of sp³-hybridized carbons (Fsp3) is 0.222. The fourth-order valence-electron chi connectivity index (χ4n) is 2.16. The third-order valence-electron chi connectivity index (χ3n) is 3.32. The molecule has 0 saturated carbocycles. The van der Waals surface area contributed by atoms with Gasteiger partial charge >= 0.3 is 0 Å². The quantitative estimate of drug-likeness (QED) is 0.906. The minimum atomic E-state index is -0.634. The summed E-state index contributed by atoms with van der Waals surface area (Å²) < 4.78 is 0. The Labute approximate surface area is 125 Å². The van der Waals surface area contributed by atoms with Crippen molar-refractivity contribution in [3.05, 3.63) is 65.7 Å². The van der Waals surface area contributed by atoms with Gasteiger partial charge in [0.2, 0.25) is 5.91 Å². The molecule has 2 aromatic rings. The van der Waals surface area contributed by atoms with Gasteiger partial charge in [-0.2, -0.15) is 5.26 Å². The van der Waals surface area contributed by atoms with E-state index in [4.69, 9.17) is 0 Å². The molecule has 0 radical (unpaired) electrons. The van der Waals surface area contributed by atoms with E-state index in [1.54, 1.807) is 0 Å². The molecule has 0 fully saturated rings. The minimum Gasteiger partial charge on any atom is -0.325 e. The highest BCUT2D eigenvalue weighted by molar-refractivity contribution is 5.94. The number of carbonyl (C=O) groups is 1. The molecular weight excluding hydrogens is 260 g/mol. The Hall–Kier alpha value is -2.60. The van der Waals surface area contributed by atoms with Gasteiger partial charge in [0.25, 0.3) is 0 Å². The Kier molecular flexibility index (Phi) is 5.11. The van der Waals surface area contributed by atoms with Crippen LogP contribution in [0.5, 0.6) is 0 Å². The highest BCUT2D eigenvalue weighted by Crippen LogP contribution is 2.14. The molecule has 1 amide bonds. The molecule has 3 heteroatoms. The molecule has 0 heterocycles. The number of hydrogen-bond acceptors (Lipinski definition) is 2. The molecular formula is C18H18N2O. The van der Waals surface area contributed by atoms with Crippen LogP contribution in [0.1, 0.15) is 17.5 Å². The summed E-state index contributed by atoms with van der Waals surface area (Å²) in [6.07, 6.45) is 1.25. The normalized spacial score (nSPS) is 11.4. The largest absolute Gasteiger partial charge is 0.325 e. The lowest BCUT2D eigenvalue weighted by molar-refractivity contribution is -0.118. The molecule has 0 aromatic heterocycles. The number of carbonyl (C=O) groups excluding carboxylic acids is 1. The molecule has 0 aliphatic heterocycles. The van der Waals surface area contributed by atoms with Crippen molar-refractivity contribution in [1.82, 2.24) is 0 Å². The second-order valence-corrected chi connectivity index (χ2v) is 5.06. The molecule has 2 rings (SSSR count). The second kappa shape index (κ2) is 7.25. The molecule has 106 valence electrons. The lowest BCUT2D eigenvalue weighted by atomic mass is 10.00. The van der Waals surface area contributed by atoms with Crippen LogP contribution < -0.4 is 5.32 Å². The monoisotopic (exact) mass is 278 g/mol. The number of nitriles is 1. The first-order chi connectivity index (χ1) is 10.2. The van der Waals surface area contributed by atoms with Crippen molar-refractivity contribution in [3.8, 4) is 6.07 Å². The minimum absolute atomic E-state index is 0.237. The van der Waals surface area contributed by atoms with Crippen LogP contribution >= 0.6 is 0 Å². The average Bonchev–Trinajstić information content (AvgIpc) is 2.49. The molecule has 0 saturated heterocycles. The zero-order chi connectivity index (χ0) is 15.1. The standard InChI is InChI=1S/C18H18N2O/c1-14-6-5-9-17(12-14)20-18(21)16(13-19)11-10-15-7-3-2-4-8-15/h2-9,12,16H,10-11H2,1H3,(H,20,21)/t16-/m0/s1. The number of nitrogens with zero attached hydrogens (tertiary/aromatic N) is 1. The number of rotatable bonds is 5. The van der Waals surface area contributed by atoms with E-state index in [2.05, 4.69) is 11.4 Å². The molecule has 0 unspecified atom stereocenters. The number of benzene rings is 2. The third-order valence-corrected chi connectivity index (χ3v) is 3.32. The van der Waals surface area contributed by atoms with E-state index in [1.807, 2.05) is 61.5 Å². The molecule has 1 N–H and O–H groups in total. The first-order valence-electron chi connectivity index (χ1n) is 7.00. The summed E-state index contributed by atoms with van der Waals surface area (Å²) in [7, 11) is 0. The Balaban J connectivity index is 1.94. The molecule has 0 aliphatic rings. The smallest absolute Gasteiger partial charge is 0.241 e. The summed E-state index contributed by atoms with van der Waals surface area (Å²) in [5, 5.41) is 12.0. The Morgan fingerprint density at radius 3 is 2.62 bits per heavy atom. The maximum absolute atomic E-state index is 12.1. The zero-order valence-corrected chi connectivity index (χ0v) is 12.0. The summed E-state index contributed by atoms with van der Waals surface area (Å²) >= 11 is 0. The predicted molar refractivity (Wildman–Crippen MR) is 83.7 cm³/mol. The van der Waals surface area contributed by atoms with E-state index in [0.29, 0.717) is 6.42 Å². The van der Waals surface area contributed by atoms with E-state index < -0.39 is 5.92 Å². The van der Waals surface area contributed by atoms with Gasteiger partial charge in [-0.25, -0.2) is 0 Å². The highest BCUT2D eigenvalue weighted by atomic mass is 16.1. The van der Waals surface area contributed by atoms with Gasteiger partial charge in [0, 0.05) is 5.69 Å². The number of nitrogens with one attached hydrogen (secondary N) is 1. The summed E-state index contributed by atoms with van der Waals surface area (Å²) in [6.45, 7) is 1.97. The van der Waals surface area contributed by atoms with Crippen molar-refractivity contribution in [3.63, 3.8) is 0 Å². The van der Waals surface area contributed by atoms with Gasteiger partial charge in [0.15, 0.2) is 0 Å². The number of anilines is 1. The average molecular weight is 278 g/mol. The van der Waals surface area contributed by atoms with Gasteiger partial charge in [-0.3, -0.25) is 4.79 Å². The van der Waals surface area contributed by atoms with Crippen molar-refractivity contribution >= 4 is 11.6 Å². The van der Waals surface area contributed by atoms with Crippen molar-refractivity contribution in [2.24, 2.45) is 5.92 Å². The second-order valence-electron chi connectivity index (χ2n) is 5.06. The van der Waals surface area contributed by atoms with E-state index in [9.17, 15) is 10.1 Å². The SMILES string of the molecule is Cc1cccc(NC(=O)[C@H](C#N)CCc2ccccc2)c1. The van der Waals surface area contributed by atoms with Gasteiger partial charge in [-0.1, -0.05) is 42.5 Å². The van der Waals surface area contributed by atoms with Crippen molar-refractivity contribution in [2.75, 3.05) is 5.32 Å². The van der Waals surface area contributed by atoms with Crippen LogP contribution in [-0.4, -0.2) is 5.91 Å². The number of aryl methyl sites for hydroxylation is 2. The lowest BCUT2D eigenvalue weighted by Crippen LogP contribution is -2.22. The molecule has 0 spiro atoms. The van der Waals surface area contributed by atoms with Crippen LogP contribution in [-0.2, 0) is 11.2 Å². The Morgan fingerprint density at radius 2 is 1.95 bits per heavy atom. The van der Waals surface area contributed by atoms with Gasteiger partial charge < -0.3 is 5.32 Å². The summed E-state index contributed by atoms with van der Waals surface area (Å²) in [5.74, 6) is -0.871. The summed E-state index contributed by atoms with van der Waals surface area (Å²) in [5.41, 5.74) is 2.95. The summed E-state index contributed by atoms with van der Waals surface area (Å²) in [4.78, 5) is 12.1. The molecule has 3 nitrogen and oxygen atoms in total. The van der Waals surface area contributed by atoms with Crippen molar-refractivity contribution in [2.45, 2.75) is 19.8 Å². The van der Waals surface area contributed by atoms with Gasteiger partial charge in [0.1, 0.15) is 5.92 Å². The van der Waals surface area contributed by atoms with E-state index in [1.165, 1.54) is 0 Å². The highest BCUT2D eigenvalue weighted by Gasteiger charge is 2.17. The third kappa shape index (κ3) is 4.47. The van der Waals surface area contributed by atoms with Crippen molar-refractivity contribution in [1.29, 1.82) is 5.26 Å². The van der Waals surface area contributed by atoms with Crippen LogP contribution in [0, 0.1) is 24.2 Å². The summed E-state index contributed by atoms with van der Waals surface area (Å²) in [6, 6.07) is 19.6. The molecule has 2 aromatic carbocycles. The maximum Gasteiger partial charge on any atom is 0.241 e. The predicted octanol–water partition coefficient (Wildman–Crippen LogP) is 3.71. The van der Waals surface area contributed by atoms with E-state index >= 15 is 0 Å². The molecule has 0 bridgehead atoms. The van der Waals surface area contributed by atoms with Crippen LogP contribution in [0.3, 0.4) is 0 Å². The van der Waals surface area contributed by atoms with Crippen molar-refractivity contribution < 1.29 is 4.79 Å². The van der Waals surface area contributed by atoms with E-state index in [0.717, 1.165) is 23.2 Å². The topological polar surface area (TPSA) is 52.9 Å². The van der Waals surface area contributed by atoms with Crippen LogP contribution in [0.25, 0.3) is 0 Å². The molecule has 1 atom stereocenters.